The maximum atomic E-state index is 11.3. The third-order valence-corrected chi connectivity index (χ3v) is 6.30. The fraction of sp³-hybridized carbons (Fsp3) is 0.207. The van der Waals surface area contributed by atoms with Crippen molar-refractivity contribution in [2.45, 2.75) is 13.3 Å². The van der Waals surface area contributed by atoms with Gasteiger partial charge in [-0.1, -0.05) is 24.3 Å². The second-order valence-corrected chi connectivity index (χ2v) is 8.75. The van der Waals surface area contributed by atoms with Gasteiger partial charge in [0.25, 0.3) is 0 Å². The summed E-state index contributed by atoms with van der Waals surface area (Å²) in [6.45, 7) is 2.87. The van der Waals surface area contributed by atoms with Gasteiger partial charge in [0.05, 0.1) is 26.5 Å². The highest BCUT2D eigenvalue weighted by Gasteiger charge is 2.23. The van der Waals surface area contributed by atoms with E-state index < -0.39 is 0 Å². The molecule has 0 fully saturated rings. The van der Waals surface area contributed by atoms with Gasteiger partial charge in [-0.3, -0.25) is 0 Å². The molecule has 0 aliphatic carbocycles. The second-order valence-electron chi connectivity index (χ2n) is 8.36. The molecule has 9 heteroatoms. The number of anilines is 2. The van der Waals surface area contributed by atoms with Crippen molar-refractivity contribution in [2.24, 2.45) is 0 Å². The summed E-state index contributed by atoms with van der Waals surface area (Å²) in [5, 5.41) is 25.7. The molecule has 0 unspecified atom stereocenters. The molecule has 8 nitrogen and oxygen atoms in total. The van der Waals surface area contributed by atoms with Crippen molar-refractivity contribution in [1.29, 1.82) is 0 Å². The Hall–Kier alpha value is -4.37. The van der Waals surface area contributed by atoms with Gasteiger partial charge in [0.1, 0.15) is 11.4 Å². The molecule has 0 radical (unpaired) electrons. The van der Waals surface area contributed by atoms with Crippen LogP contribution in [0, 0.1) is 0 Å². The topological polar surface area (TPSA) is 88.4 Å². The van der Waals surface area contributed by atoms with Gasteiger partial charge in [-0.2, -0.15) is 0 Å². The molecule has 4 rings (SSSR count). The standard InChI is InChI=1S/C29H31N3O5S/c1-4-37-23-13-11-22(12-14-23)32-27(33)19-24(28(32)34)31(29(38)30-21-8-6-5-7-9-21)17-16-20-10-15-25(35-2)26(18-20)36-3/h5-15,18-19,33-34H,4,16-17H2,1-3H3,(H,30,38). The lowest BCUT2D eigenvalue weighted by molar-refractivity contribution is 0.340. The summed E-state index contributed by atoms with van der Waals surface area (Å²) < 4.78 is 17.7. The van der Waals surface area contributed by atoms with Crippen LogP contribution < -0.4 is 24.4 Å². The van der Waals surface area contributed by atoms with E-state index in [-0.39, 0.29) is 11.8 Å². The molecule has 0 bridgehead atoms. The Balaban J connectivity index is 1.66. The molecule has 1 aromatic heterocycles. The third-order valence-electron chi connectivity index (χ3n) is 5.97. The van der Waals surface area contributed by atoms with E-state index in [1.807, 2.05) is 55.5 Å². The van der Waals surface area contributed by atoms with Crippen molar-refractivity contribution in [3.63, 3.8) is 0 Å². The lowest BCUT2D eigenvalue weighted by Gasteiger charge is -2.25. The first kappa shape index (κ1) is 26.7. The number of hydrogen-bond donors (Lipinski definition) is 3. The number of aromatic hydroxyl groups is 2. The zero-order chi connectivity index (χ0) is 27.1. The molecule has 3 aromatic carbocycles. The highest BCUT2D eigenvalue weighted by molar-refractivity contribution is 7.80. The summed E-state index contributed by atoms with van der Waals surface area (Å²) in [4.78, 5) is 1.76. The van der Waals surface area contributed by atoms with E-state index in [0.717, 1.165) is 11.3 Å². The van der Waals surface area contributed by atoms with Gasteiger partial charge in [0.2, 0.25) is 11.8 Å². The van der Waals surface area contributed by atoms with Crippen LogP contribution in [-0.2, 0) is 6.42 Å². The molecule has 0 spiro atoms. The number of thiocarbonyl (C=S) groups is 1. The lowest BCUT2D eigenvalue weighted by atomic mass is 10.1. The number of benzene rings is 3. The predicted molar refractivity (Wildman–Crippen MR) is 154 cm³/mol. The minimum atomic E-state index is -0.142. The molecular weight excluding hydrogens is 502 g/mol. The smallest absolute Gasteiger partial charge is 0.223 e. The van der Waals surface area contributed by atoms with Gasteiger partial charge in [-0.25, -0.2) is 4.57 Å². The molecule has 1 heterocycles. The summed E-state index contributed by atoms with van der Waals surface area (Å²) >= 11 is 5.77. The molecule has 0 aliphatic heterocycles. The Bertz CT molecular complexity index is 1370. The summed E-state index contributed by atoms with van der Waals surface area (Å²) in [6.07, 6.45) is 0.575. The monoisotopic (exact) mass is 533 g/mol. The molecule has 0 aliphatic rings. The highest BCUT2D eigenvalue weighted by atomic mass is 32.1. The molecule has 0 saturated heterocycles. The van der Waals surface area contributed by atoms with Crippen LogP contribution in [0.5, 0.6) is 29.0 Å². The van der Waals surface area contributed by atoms with E-state index in [2.05, 4.69) is 5.32 Å². The van der Waals surface area contributed by atoms with Gasteiger partial charge in [0, 0.05) is 18.3 Å². The van der Waals surface area contributed by atoms with Crippen molar-refractivity contribution in [3.05, 3.63) is 84.4 Å². The van der Waals surface area contributed by atoms with Crippen LogP contribution in [-0.4, -0.2) is 47.3 Å². The first-order valence-corrected chi connectivity index (χ1v) is 12.6. The first-order valence-electron chi connectivity index (χ1n) is 12.2. The minimum absolute atomic E-state index is 0.125. The molecule has 0 atom stereocenters. The fourth-order valence-corrected chi connectivity index (χ4v) is 4.41. The van der Waals surface area contributed by atoms with Crippen LogP contribution >= 0.6 is 12.2 Å². The summed E-state index contributed by atoms with van der Waals surface area (Å²) in [7, 11) is 3.19. The van der Waals surface area contributed by atoms with Crippen molar-refractivity contribution in [2.75, 3.05) is 37.6 Å². The first-order chi connectivity index (χ1) is 18.4. The number of methoxy groups -OCH3 is 2. The number of aromatic nitrogens is 1. The van der Waals surface area contributed by atoms with Crippen LogP contribution in [0.2, 0.25) is 0 Å². The van der Waals surface area contributed by atoms with E-state index in [9.17, 15) is 10.2 Å². The minimum Gasteiger partial charge on any atom is -0.494 e. The van der Waals surface area contributed by atoms with E-state index >= 15 is 0 Å². The number of ether oxygens (including phenoxy) is 3. The Kier molecular flexibility index (Phi) is 8.60. The Morgan fingerprint density at radius 2 is 1.63 bits per heavy atom. The Labute approximate surface area is 227 Å². The van der Waals surface area contributed by atoms with Gasteiger partial charge in [-0.05, 0) is 79.7 Å². The fourth-order valence-electron chi connectivity index (χ4n) is 4.11. The van der Waals surface area contributed by atoms with Crippen molar-refractivity contribution < 1.29 is 24.4 Å². The number of rotatable bonds is 10. The van der Waals surface area contributed by atoms with E-state index in [1.165, 1.54) is 10.6 Å². The average molecular weight is 534 g/mol. The summed E-state index contributed by atoms with van der Waals surface area (Å²) in [5.41, 5.74) is 2.75. The number of para-hydroxylation sites is 1. The molecule has 3 N–H and O–H groups in total. The molecular formula is C29H31N3O5S. The summed E-state index contributed by atoms with van der Waals surface area (Å²) in [5.74, 6) is 1.71. The van der Waals surface area contributed by atoms with Crippen LogP contribution in [0.25, 0.3) is 5.69 Å². The average Bonchev–Trinajstić information content (AvgIpc) is 3.23. The lowest BCUT2D eigenvalue weighted by Crippen LogP contribution is -2.36. The van der Waals surface area contributed by atoms with E-state index in [4.69, 9.17) is 26.4 Å². The van der Waals surface area contributed by atoms with Gasteiger partial charge >= 0.3 is 0 Å². The molecule has 38 heavy (non-hydrogen) atoms. The second kappa shape index (κ2) is 12.2. The quantitative estimate of drug-likeness (QED) is 0.222. The number of nitrogens with zero attached hydrogens (tertiary/aromatic N) is 2. The normalized spacial score (nSPS) is 10.6. The number of nitrogens with one attached hydrogen (secondary N) is 1. The van der Waals surface area contributed by atoms with Crippen LogP contribution in [0.15, 0.2) is 78.9 Å². The maximum Gasteiger partial charge on any atom is 0.223 e. The van der Waals surface area contributed by atoms with Gasteiger partial charge in [-0.15, -0.1) is 0 Å². The van der Waals surface area contributed by atoms with Gasteiger partial charge < -0.3 is 34.6 Å². The van der Waals surface area contributed by atoms with E-state index in [0.29, 0.717) is 53.3 Å². The predicted octanol–water partition coefficient (Wildman–Crippen LogP) is 5.75. The largest absolute Gasteiger partial charge is 0.494 e. The molecule has 4 aromatic rings. The van der Waals surface area contributed by atoms with Crippen LogP contribution in [0.1, 0.15) is 12.5 Å². The maximum absolute atomic E-state index is 11.3. The van der Waals surface area contributed by atoms with Crippen LogP contribution in [0.4, 0.5) is 11.4 Å². The number of hydrogen-bond acceptors (Lipinski definition) is 6. The molecule has 198 valence electrons. The Morgan fingerprint density at radius 1 is 0.921 bits per heavy atom. The zero-order valence-electron chi connectivity index (χ0n) is 21.5. The van der Waals surface area contributed by atoms with Crippen molar-refractivity contribution in [1.82, 2.24) is 4.57 Å². The summed E-state index contributed by atoms with van der Waals surface area (Å²) in [6, 6.07) is 23.9. The van der Waals surface area contributed by atoms with Crippen molar-refractivity contribution >= 4 is 28.7 Å². The Morgan fingerprint density at radius 3 is 2.29 bits per heavy atom. The third kappa shape index (κ3) is 5.95. The molecule has 0 amide bonds. The van der Waals surface area contributed by atoms with Gasteiger partial charge in [0.15, 0.2) is 16.6 Å². The molecule has 0 saturated carbocycles. The zero-order valence-corrected chi connectivity index (χ0v) is 22.4. The highest BCUT2D eigenvalue weighted by Crippen LogP contribution is 2.39. The van der Waals surface area contributed by atoms with E-state index in [1.54, 1.807) is 43.4 Å². The SMILES string of the molecule is CCOc1ccc(-n2c(O)cc(N(CCc3ccc(OC)c(OC)c3)C(=S)Nc3ccccc3)c2O)cc1. The van der Waals surface area contributed by atoms with Crippen molar-refractivity contribution in [3.8, 4) is 34.7 Å². The van der Waals surface area contributed by atoms with Crippen LogP contribution in [0.3, 0.4) is 0 Å².